The van der Waals surface area contributed by atoms with E-state index in [1.165, 1.54) is 6.08 Å². The molecule has 5 rings (SSSR count). The van der Waals surface area contributed by atoms with Crippen LogP contribution in [0, 0.1) is 0 Å². The van der Waals surface area contributed by atoms with E-state index in [-0.39, 0.29) is 17.7 Å². The molecule has 4 aromatic rings. The Kier molecular flexibility index (Phi) is 5.86. The Labute approximate surface area is 196 Å². The monoisotopic (exact) mass is 452 g/mol. The zero-order valence-corrected chi connectivity index (χ0v) is 18.6. The number of aromatic amines is 1. The van der Waals surface area contributed by atoms with Gasteiger partial charge in [0.1, 0.15) is 17.8 Å². The third kappa shape index (κ3) is 4.17. The van der Waals surface area contributed by atoms with Crippen LogP contribution in [-0.2, 0) is 4.79 Å². The van der Waals surface area contributed by atoms with Crippen molar-refractivity contribution in [3.05, 3.63) is 85.1 Å². The Bertz CT molecular complexity index is 1350. The summed E-state index contributed by atoms with van der Waals surface area (Å²) in [5.41, 5.74) is 4.14. The van der Waals surface area contributed by atoms with Crippen molar-refractivity contribution in [3.8, 4) is 11.1 Å². The Morgan fingerprint density at radius 1 is 1.12 bits per heavy atom. The van der Waals surface area contributed by atoms with Crippen LogP contribution in [0.3, 0.4) is 0 Å². The van der Waals surface area contributed by atoms with E-state index in [1.807, 2.05) is 29.3 Å². The zero-order chi connectivity index (χ0) is 23.5. The lowest BCUT2D eigenvalue weighted by Crippen LogP contribution is -2.38. The van der Waals surface area contributed by atoms with Crippen LogP contribution < -0.4 is 5.32 Å². The van der Waals surface area contributed by atoms with Crippen LogP contribution in [0.2, 0.25) is 0 Å². The van der Waals surface area contributed by atoms with Crippen molar-refractivity contribution in [1.29, 1.82) is 0 Å². The summed E-state index contributed by atoms with van der Waals surface area (Å²) in [5, 5.41) is 3.75. The summed E-state index contributed by atoms with van der Waals surface area (Å²) in [5.74, 6) is 0.346. The predicted octanol–water partition coefficient (Wildman–Crippen LogP) is 4.16. The Morgan fingerprint density at radius 2 is 1.97 bits per heavy atom. The molecule has 4 heterocycles. The fraction of sp³-hybridized carbons (Fsp3) is 0.192. The molecule has 0 radical (unpaired) electrons. The zero-order valence-electron chi connectivity index (χ0n) is 18.6. The van der Waals surface area contributed by atoms with E-state index >= 15 is 0 Å². The molecule has 8 nitrogen and oxygen atoms in total. The number of carbonyl (C=O) groups excluding carboxylic acids is 2. The number of piperidine rings is 1. The molecule has 1 unspecified atom stereocenters. The van der Waals surface area contributed by atoms with Gasteiger partial charge in [-0.1, -0.05) is 24.8 Å². The second-order valence-corrected chi connectivity index (χ2v) is 8.26. The molecule has 1 saturated heterocycles. The molecule has 0 aliphatic carbocycles. The van der Waals surface area contributed by atoms with Crippen molar-refractivity contribution < 1.29 is 9.59 Å². The fourth-order valence-corrected chi connectivity index (χ4v) is 4.48. The number of H-pyrrole nitrogens is 1. The summed E-state index contributed by atoms with van der Waals surface area (Å²) in [7, 11) is 0. The highest BCUT2D eigenvalue weighted by atomic mass is 16.2. The average Bonchev–Trinajstić information content (AvgIpc) is 3.33. The van der Waals surface area contributed by atoms with Gasteiger partial charge in [-0.15, -0.1) is 0 Å². The van der Waals surface area contributed by atoms with Crippen molar-refractivity contribution in [2.45, 2.75) is 18.8 Å². The largest absolute Gasteiger partial charge is 0.345 e. The number of aromatic nitrogens is 4. The minimum atomic E-state index is -0.220. The normalized spacial score (nSPS) is 15.8. The summed E-state index contributed by atoms with van der Waals surface area (Å²) in [6.07, 6.45) is 8.35. The maximum Gasteiger partial charge on any atom is 0.256 e. The Hall–Kier alpha value is -4.33. The maximum atomic E-state index is 12.6. The number of fused-ring (bicyclic) bond motifs is 1. The molecule has 2 amide bonds. The van der Waals surface area contributed by atoms with Crippen LogP contribution in [0.4, 0.5) is 5.82 Å². The summed E-state index contributed by atoms with van der Waals surface area (Å²) in [6, 6.07) is 12.8. The van der Waals surface area contributed by atoms with Crippen LogP contribution >= 0.6 is 0 Å². The van der Waals surface area contributed by atoms with Gasteiger partial charge in [0.15, 0.2) is 0 Å². The van der Waals surface area contributed by atoms with E-state index in [0.717, 1.165) is 47.2 Å². The van der Waals surface area contributed by atoms with Crippen molar-refractivity contribution in [3.63, 3.8) is 0 Å². The number of likely N-dealkylation sites (tertiary alicyclic amines) is 1. The van der Waals surface area contributed by atoms with Crippen LogP contribution in [0.1, 0.15) is 34.8 Å². The van der Waals surface area contributed by atoms with Gasteiger partial charge < -0.3 is 15.2 Å². The molecule has 0 spiro atoms. The second-order valence-electron chi connectivity index (χ2n) is 8.26. The van der Waals surface area contributed by atoms with E-state index in [2.05, 4.69) is 31.8 Å². The van der Waals surface area contributed by atoms with Crippen LogP contribution in [0.15, 0.2) is 73.8 Å². The van der Waals surface area contributed by atoms with E-state index < -0.39 is 0 Å². The minimum absolute atomic E-state index is 0.0520. The third-order valence-corrected chi connectivity index (χ3v) is 6.16. The van der Waals surface area contributed by atoms with Crippen LogP contribution in [-0.4, -0.2) is 49.7 Å². The smallest absolute Gasteiger partial charge is 0.256 e. The van der Waals surface area contributed by atoms with Gasteiger partial charge in [0, 0.05) is 47.9 Å². The molecule has 34 heavy (non-hydrogen) atoms. The number of hydrogen-bond acceptors (Lipinski definition) is 5. The molecule has 0 saturated carbocycles. The molecule has 3 aromatic heterocycles. The highest BCUT2D eigenvalue weighted by Gasteiger charge is 2.27. The third-order valence-electron chi connectivity index (χ3n) is 6.16. The van der Waals surface area contributed by atoms with Crippen molar-refractivity contribution in [2.24, 2.45) is 0 Å². The molecule has 1 aromatic carbocycles. The van der Waals surface area contributed by atoms with E-state index in [1.54, 1.807) is 36.8 Å². The number of amides is 2. The molecule has 8 heteroatoms. The van der Waals surface area contributed by atoms with Crippen molar-refractivity contribution in [2.75, 3.05) is 18.4 Å². The topological polar surface area (TPSA) is 104 Å². The Balaban J connectivity index is 1.44. The van der Waals surface area contributed by atoms with Gasteiger partial charge in [0.2, 0.25) is 5.91 Å². The summed E-state index contributed by atoms with van der Waals surface area (Å²) >= 11 is 0. The summed E-state index contributed by atoms with van der Waals surface area (Å²) < 4.78 is 0. The number of carbonyl (C=O) groups is 2. The van der Waals surface area contributed by atoms with Gasteiger partial charge >= 0.3 is 0 Å². The van der Waals surface area contributed by atoms with Gasteiger partial charge in [-0.25, -0.2) is 15.0 Å². The lowest BCUT2D eigenvalue weighted by Gasteiger charge is -2.32. The molecule has 1 aliphatic heterocycles. The fourth-order valence-electron chi connectivity index (χ4n) is 4.48. The number of anilines is 1. The quantitative estimate of drug-likeness (QED) is 0.443. The van der Waals surface area contributed by atoms with Crippen LogP contribution in [0.25, 0.3) is 22.2 Å². The summed E-state index contributed by atoms with van der Waals surface area (Å²) in [4.78, 5) is 43.0. The highest BCUT2D eigenvalue weighted by molar-refractivity contribution is 6.04. The van der Waals surface area contributed by atoms with Gasteiger partial charge in [0.25, 0.3) is 5.91 Å². The Morgan fingerprint density at radius 3 is 2.74 bits per heavy atom. The molecular weight excluding hydrogens is 428 g/mol. The van der Waals surface area contributed by atoms with E-state index in [9.17, 15) is 9.59 Å². The van der Waals surface area contributed by atoms with Gasteiger partial charge in [-0.2, -0.15) is 0 Å². The SMILES string of the molecule is C=CC(=O)N1CCCC(c2ncnc3[nH]cc(-c4ccc(C(=O)Nc5ccccn5)cc4)c23)C1. The number of pyridine rings is 1. The number of rotatable bonds is 5. The minimum Gasteiger partial charge on any atom is -0.345 e. The maximum absolute atomic E-state index is 12.6. The van der Waals surface area contributed by atoms with Gasteiger partial charge in [-0.3, -0.25) is 9.59 Å². The lowest BCUT2D eigenvalue weighted by atomic mass is 9.91. The van der Waals surface area contributed by atoms with E-state index in [4.69, 9.17) is 0 Å². The number of nitrogens with one attached hydrogen (secondary N) is 2. The first kappa shape index (κ1) is 21.5. The number of hydrogen-bond donors (Lipinski definition) is 2. The number of benzene rings is 1. The summed E-state index contributed by atoms with van der Waals surface area (Å²) in [6.45, 7) is 4.96. The number of nitrogens with zero attached hydrogens (tertiary/aromatic N) is 4. The molecule has 2 N–H and O–H groups in total. The molecule has 1 aliphatic rings. The molecule has 170 valence electrons. The molecule has 1 fully saturated rings. The van der Waals surface area contributed by atoms with Crippen LogP contribution in [0.5, 0.6) is 0 Å². The lowest BCUT2D eigenvalue weighted by molar-refractivity contribution is -0.127. The predicted molar refractivity (Wildman–Crippen MR) is 130 cm³/mol. The first-order valence-corrected chi connectivity index (χ1v) is 11.2. The first-order valence-electron chi connectivity index (χ1n) is 11.2. The standard InChI is InChI=1S/C26H24N6O2/c1-2-22(33)32-13-5-6-19(15-32)24-23-20(14-28-25(23)30-16-29-24)17-8-10-18(11-9-17)26(34)31-21-7-3-4-12-27-21/h2-4,7-12,14,16,19H,1,5-6,13,15H2,(H,27,31,34)(H,28,29,30). The van der Waals surface area contributed by atoms with E-state index in [0.29, 0.717) is 17.9 Å². The highest BCUT2D eigenvalue weighted by Crippen LogP contribution is 2.36. The molecule has 0 bridgehead atoms. The average molecular weight is 453 g/mol. The first-order chi connectivity index (χ1) is 16.6. The molecule has 1 atom stereocenters. The van der Waals surface area contributed by atoms with Crippen molar-refractivity contribution >= 4 is 28.7 Å². The molecular formula is C26H24N6O2. The second kappa shape index (κ2) is 9.27. The van der Waals surface area contributed by atoms with Gasteiger partial charge in [-0.05, 0) is 48.7 Å². The van der Waals surface area contributed by atoms with Gasteiger partial charge in [0.05, 0.1) is 5.69 Å². The van der Waals surface area contributed by atoms with Crippen molar-refractivity contribution in [1.82, 2.24) is 24.8 Å².